The molecule has 0 atom stereocenters. The first-order chi connectivity index (χ1) is 15.0. The molecule has 9 heteroatoms. The van der Waals surface area contributed by atoms with Gasteiger partial charge >= 0.3 is 6.09 Å². The number of H-pyrrole nitrogens is 1. The summed E-state index contributed by atoms with van der Waals surface area (Å²) in [7, 11) is 0. The lowest BCUT2D eigenvalue weighted by atomic mass is 10.1. The zero-order valence-corrected chi connectivity index (χ0v) is 18.7. The first-order valence-corrected chi connectivity index (χ1v) is 11.4. The van der Waals surface area contributed by atoms with Gasteiger partial charge in [-0.1, -0.05) is 42.1 Å². The van der Waals surface area contributed by atoms with Gasteiger partial charge in [0.25, 0.3) is 5.56 Å². The highest BCUT2D eigenvalue weighted by atomic mass is 32.2. The van der Waals surface area contributed by atoms with E-state index in [-0.39, 0.29) is 24.0 Å². The number of benzene rings is 1. The molecule has 166 valence electrons. The Balaban J connectivity index is 1.51. The number of hydrogen-bond acceptors (Lipinski definition) is 6. The summed E-state index contributed by atoms with van der Waals surface area (Å²) in [5.74, 6) is 0.698. The number of rotatable bonds is 7. The summed E-state index contributed by atoms with van der Waals surface area (Å²) in [4.78, 5) is 47.6. The molecule has 2 amide bonds. The Kier molecular flexibility index (Phi) is 8.11. The third-order valence-electron chi connectivity index (χ3n) is 5.17. The number of piperazine rings is 1. The fourth-order valence-electron chi connectivity index (χ4n) is 3.42. The van der Waals surface area contributed by atoms with Gasteiger partial charge in [-0.25, -0.2) is 9.78 Å². The van der Waals surface area contributed by atoms with Crippen molar-refractivity contribution in [2.45, 2.75) is 37.6 Å². The second-order valence-corrected chi connectivity index (χ2v) is 8.24. The SMILES string of the molecule is CCOC(=O)N1CCN(C(=O)CCc2c(C)nc(SCc3ccccc3)[nH]c2=O)CC1. The van der Waals surface area contributed by atoms with Gasteiger partial charge in [-0.05, 0) is 25.8 Å². The zero-order chi connectivity index (χ0) is 22.2. The Morgan fingerprint density at radius 1 is 1.13 bits per heavy atom. The van der Waals surface area contributed by atoms with Crippen molar-refractivity contribution in [3.05, 3.63) is 57.5 Å². The van der Waals surface area contributed by atoms with Gasteiger partial charge in [-0.15, -0.1) is 0 Å². The third kappa shape index (κ3) is 6.33. The highest BCUT2D eigenvalue weighted by molar-refractivity contribution is 7.98. The van der Waals surface area contributed by atoms with E-state index in [0.717, 1.165) is 11.3 Å². The number of aryl methyl sites for hydroxylation is 1. The molecule has 1 saturated heterocycles. The molecule has 31 heavy (non-hydrogen) atoms. The molecule has 1 aromatic heterocycles. The number of amides is 2. The Morgan fingerprint density at radius 2 is 1.81 bits per heavy atom. The molecule has 8 nitrogen and oxygen atoms in total. The molecule has 0 unspecified atom stereocenters. The molecular weight excluding hydrogens is 416 g/mol. The van der Waals surface area contributed by atoms with Crippen LogP contribution in [0.2, 0.25) is 0 Å². The topological polar surface area (TPSA) is 95.6 Å². The van der Waals surface area contributed by atoms with Crippen LogP contribution in [0.1, 0.15) is 30.2 Å². The summed E-state index contributed by atoms with van der Waals surface area (Å²) in [6.45, 7) is 5.77. The average molecular weight is 445 g/mol. The maximum absolute atomic E-state index is 12.6. The average Bonchev–Trinajstić information content (AvgIpc) is 2.78. The Morgan fingerprint density at radius 3 is 2.45 bits per heavy atom. The highest BCUT2D eigenvalue weighted by Gasteiger charge is 2.25. The minimum Gasteiger partial charge on any atom is -0.450 e. The van der Waals surface area contributed by atoms with E-state index < -0.39 is 0 Å². The number of aromatic amines is 1. The molecule has 0 radical (unpaired) electrons. The zero-order valence-electron chi connectivity index (χ0n) is 17.9. The smallest absolute Gasteiger partial charge is 0.409 e. The number of nitrogens with one attached hydrogen (secondary N) is 1. The number of aromatic nitrogens is 2. The van der Waals surface area contributed by atoms with Gasteiger partial charge in [-0.2, -0.15) is 0 Å². The maximum atomic E-state index is 12.6. The molecule has 2 aromatic rings. The van der Waals surface area contributed by atoms with Crippen LogP contribution in [0.15, 0.2) is 40.3 Å². The molecule has 0 aliphatic carbocycles. The molecule has 1 aliphatic rings. The molecule has 2 heterocycles. The van der Waals surface area contributed by atoms with Crippen LogP contribution in [-0.4, -0.2) is 64.6 Å². The summed E-state index contributed by atoms with van der Waals surface area (Å²) in [6, 6.07) is 9.99. The lowest BCUT2D eigenvalue weighted by Gasteiger charge is -2.34. The molecule has 0 spiro atoms. The largest absolute Gasteiger partial charge is 0.450 e. The van der Waals surface area contributed by atoms with E-state index in [9.17, 15) is 14.4 Å². The van der Waals surface area contributed by atoms with Crippen molar-refractivity contribution in [2.75, 3.05) is 32.8 Å². The lowest BCUT2D eigenvalue weighted by molar-refractivity contribution is -0.132. The van der Waals surface area contributed by atoms with Crippen LogP contribution in [0.25, 0.3) is 0 Å². The van der Waals surface area contributed by atoms with Crippen LogP contribution in [0.5, 0.6) is 0 Å². The van der Waals surface area contributed by atoms with Crippen molar-refractivity contribution in [3.8, 4) is 0 Å². The van der Waals surface area contributed by atoms with Crippen LogP contribution in [0.4, 0.5) is 4.79 Å². The van der Waals surface area contributed by atoms with Gasteiger partial charge in [0, 0.05) is 49.6 Å². The van der Waals surface area contributed by atoms with Gasteiger partial charge in [0.1, 0.15) is 0 Å². The van der Waals surface area contributed by atoms with Crippen LogP contribution < -0.4 is 5.56 Å². The minimum atomic E-state index is -0.340. The van der Waals surface area contributed by atoms with E-state index in [1.54, 1.807) is 23.6 Å². The highest BCUT2D eigenvalue weighted by Crippen LogP contribution is 2.19. The van der Waals surface area contributed by atoms with Crippen molar-refractivity contribution in [3.63, 3.8) is 0 Å². The van der Waals surface area contributed by atoms with Gasteiger partial charge in [0.05, 0.1) is 6.61 Å². The van der Waals surface area contributed by atoms with Gasteiger partial charge in [0.2, 0.25) is 5.91 Å². The number of nitrogens with zero attached hydrogens (tertiary/aromatic N) is 3. The van der Waals surface area contributed by atoms with E-state index in [1.165, 1.54) is 11.8 Å². The van der Waals surface area contributed by atoms with E-state index in [4.69, 9.17) is 4.74 Å². The van der Waals surface area contributed by atoms with Crippen molar-refractivity contribution in [1.82, 2.24) is 19.8 Å². The van der Waals surface area contributed by atoms with Crippen molar-refractivity contribution >= 4 is 23.8 Å². The summed E-state index contributed by atoms with van der Waals surface area (Å²) >= 11 is 1.48. The Hall–Kier alpha value is -2.81. The second-order valence-electron chi connectivity index (χ2n) is 7.28. The Labute approximate surface area is 186 Å². The minimum absolute atomic E-state index is 0.0233. The molecule has 0 saturated carbocycles. The molecule has 3 rings (SSSR count). The third-order valence-corrected chi connectivity index (χ3v) is 6.11. The van der Waals surface area contributed by atoms with Gasteiger partial charge < -0.3 is 19.5 Å². The first-order valence-electron chi connectivity index (χ1n) is 10.4. The first kappa shape index (κ1) is 22.9. The van der Waals surface area contributed by atoms with Crippen LogP contribution in [0.3, 0.4) is 0 Å². The normalized spacial score (nSPS) is 13.9. The number of carbonyl (C=O) groups excluding carboxylic acids is 2. The van der Waals surface area contributed by atoms with E-state index >= 15 is 0 Å². The van der Waals surface area contributed by atoms with Crippen LogP contribution >= 0.6 is 11.8 Å². The van der Waals surface area contributed by atoms with E-state index in [2.05, 4.69) is 9.97 Å². The fraction of sp³-hybridized carbons (Fsp3) is 0.455. The predicted molar refractivity (Wildman–Crippen MR) is 119 cm³/mol. The molecule has 1 aliphatic heterocycles. The van der Waals surface area contributed by atoms with E-state index in [1.807, 2.05) is 30.3 Å². The van der Waals surface area contributed by atoms with E-state index in [0.29, 0.717) is 55.6 Å². The van der Waals surface area contributed by atoms with Crippen LogP contribution in [-0.2, 0) is 21.7 Å². The van der Waals surface area contributed by atoms with Crippen molar-refractivity contribution in [1.29, 1.82) is 0 Å². The molecule has 0 bridgehead atoms. The second kappa shape index (κ2) is 11.0. The quantitative estimate of drug-likeness (QED) is 0.521. The maximum Gasteiger partial charge on any atom is 0.409 e. The van der Waals surface area contributed by atoms with Gasteiger partial charge in [0.15, 0.2) is 5.16 Å². The van der Waals surface area contributed by atoms with Gasteiger partial charge in [-0.3, -0.25) is 9.59 Å². The fourth-order valence-corrected chi connectivity index (χ4v) is 4.28. The Bertz CT molecular complexity index is 956. The molecule has 1 fully saturated rings. The standard InChI is InChI=1S/C22H28N4O4S/c1-3-30-22(29)26-13-11-25(12-14-26)19(27)10-9-18-16(2)23-21(24-20(18)28)31-15-17-7-5-4-6-8-17/h4-8H,3,9-15H2,1-2H3,(H,23,24,28). The summed E-state index contributed by atoms with van der Waals surface area (Å²) < 4.78 is 5.00. The number of carbonyl (C=O) groups is 2. The lowest BCUT2D eigenvalue weighted by Crippen LogP contribution is -2.50. The summed E-state index contributed by atoms with van der Waals surface area (Å²) in [6.07, 6.45) is 0.240. The van der Waals surface area contributed by atoms with Crippen LogP contribution in [0, 0.1) is 6.92 Å². The van der Waals surface area contributed by atoms with Crippen molar-refractivity contribution in [2.24, 2.45) is 0 Å². The monoisotopic (exact) mass is 444 g/mol. The van der Waals surface area contributed by atoms with Crippen molar-refractivity contribution < 1.29 is 14.3 Å². The summed E-state index contributed by atoms with van der Waals surface area (Å²) in [5.41, 5.74) is 2.16. The number of hydrogen-bond donors (Lipinski definition) is 1. The number of thioether (sulfide) groups is 1. The predicted octanol–water partition coefficient (Wildman–Crippen LogP) is 2.60. The molecule has 1 N–H and O–H groups in total. The molecule has 1 aromatic carbocycles. The number of ether oxygens (including phenoxy) is 1. The summed E-state index contributed by atoms with van der Waals surface area (Å²) in [5, 5.41) is 0.580. The molecular formula is C22H28N4O4S.